The van der Waals surface area contributed by atoms with Crippen LogP contribution in [0.5, 0.6) is 0 Å². The predicted octanol–water partition coefficient (Wildman–Crippen LogP) is 2.38. The Balaban J connectivity index is 1.22. The number of halogens is 3. The fourth-order valence-electron chi connectivity index (χ4n) is 3.87. The lowest BCUT2D eigenvalue weighted by atomic mass is 10.1. The summed E-state index contributed by atoms with van der Waals surface area (Å²) < 4.78 is 39.9. The van der Waals surface area contributed by atoms with E-state index >= 15 is 0 Å². The van der Waals surface area contributed by atoms with E-state index in [1.165, 1.54) is 41.8 Å². The molecule has 4 heterocycles. The molecule has 14 heteroatoms. The number of carbonyl (C=O) groups excluding carboxylic acids is 2. The summed E-state index contributed by atoms with van der Waals surface area (Å²) in [5.74, 6) is -0.465. The van der Waals surface area contributed by atoms with Crippen molar-refractivity contribution in [2.75, 3.05) is 36.4 Å². The van der Waals surface area contributed by atoms with E-state index in [2.05, 4.69) is 35.5 Å². The van der Waals surface area contributed by atoms with E-state index in [0.717, 1.165) is 6.07 Å². The first kappa shape index (κ1) is 23.1. The van der Waals surface area contributed by atoms with Crippen LogP contribution in [0.3, 0.4) is 0 Å². The zero-order valence-corrected chi connectivity index (χ0v) is 18.5. The van der Waals surface area contributed by atoms with Gasteiger partial charge in [0.15, 0.2) is 23.0 Å². The second-order valence-electron chi connectivity index (χ2n) is 7.88. The van der Waals surface area contributed by atoms with Crippen molar-refractivity contribution in [2.24, 2.45) is 0 Å². The van der Waals surface area contributed by atoms with E-state index in [1.54, 1.807) is 6.07 Å². The maximum atomic E-state index is 13.3. The van der Waals surface area contributed by atoms with Gasteiger partial charge < -0.3 is 20.1 Å². The van der Waals surface area contributed by atoms with Gasteiger partial charge in [0.2, 0.25) is 0 Å². The average molecular weight is 497 g/mol. The van der Waals surface area contributed by atoms with E-state index in [-0.39, 0.29) is 30.2 Å². The molecule has 1 saturated heterocycles. The standard InChI is InChI=1S/C22H18F3N9O2/c23-22(24,25)14-4-2-1-3-13(14)21(36)34-9-7-33(8-10-34)16-6-5-15(31-32-16)20(35)30-19-17-18(27-11-26-17)28-12-29-19/h1-6,11-12H,7-10H2,(H2,26,27,28,29,30,35). The first-order valence-electron chi connectivity index (χ1n) is 10.8. The van der Waals surface area contributed by atoms with Crippen molar-refractivity contribution >= 4 is 34.6 Å². The molecule has 0 spiro atoms. The number of imidazole rings is 1. The highest BCUT2D eigenvalue weighted by molar-refractivity contribution is 6.05. The Hall–Kier alpha value is -4.62. The molecule has 3 aromatic heterocycles. The van der Waals surface area contributed by atoms with Crippen LogP contribution in [0, 0.1) is 0 Å². The van der Waals surface area contributed by atoms with Crippen molar-refractivity contribution in [3.8, 4) is 0 Å². The molecule has 1 fully saturated rings. The molecule has 0 radical (unpaired) electrons. The summed E-state index contributed by atoms with van der Waals surface area (Å²) in [7, 11) is 0. The van der Waals surface area contributed by atoms with Gasteiger partial charge in [-0.15, -0.1) is 10.2 Å². The fraction of sp³-hybridized carbons (Fsp3) is 0.227. The highest BCUT2D eigenvalue weighted by atomic mass is 19.4. The molecule has 2 N–H and O–H groups in total. The number of rotatable bonds is 4. The van der Waals surface area contributed by atoms with Crippen molar-refractivity contribution in [1.29, 1.82) is 0 Å². The molecule has 5 rings (SSSR count). The molecule has 1 aromatic carbocycles. The third kappa shape index (κ3) is 4.52. The number of amides is 2. The van der Waals surface area contributed by atoms with Crippen LogP contribution in [-0.4, -0.2) is 73.0 Å². The van der Waals surface area contributed by atoms with E-state index in [9.17, 15) is 22.8 Å². The molecule has 4 aromatic rings. The topological polar surface area (TPSA) is 133 Å². The van der Waals surface area contributed by atoms with Gasteiger partial charge in [-0.2, -0.15) is 13.2 Å². The lowest BCUT2D eigenvalue weighted by Gasteiger charge is -2.35. The number of carbonyl (C=O) groups is 2. The number of hydrogen-bond acceptors (Lipinski definition) is 8. The average Bonchev–Trinajstić information content (AvgIpc) is 3.38. The van der Waals surface area contributed by atoms with Gasteiger partial charge in [0.1, 0.15) is 11.8 Å². The third-order valence-corrected chi connectivity index (χ3v) is 5.69. The van der Waals surface area contributed by atoms with Crippen LogP contribution in [0.25, 0.3) is 11.2 Å². The van der Waals surface area contributed by atoms with Gasteiger partial charge in [-0.05, 0) is 24.3 Å². The van der Waals surface area contributed by atoms with E-state index in [4.69, 9.17) is 0 Å². The molecule has 0 aliphatic carbocycles. The predicted molar refractivity (Wildman–Crippen MR) is 121 cm³/mol. The number of fused-ring (bicyclic) bond motifs is 1. The summed E-state index contributed by atoms with van der Waals surface area (Å²) in [4.78, 5) is 43.4. The Bertz CT molecular complexity index is 1410. The number of aromatic nitrogens is 6. The van der Waals surface area contributed by atoms with E-state index in [0.29, 0.717) is 30.1 Å². The van der Waals surface area contributed by atoms with Crippen molar-refractivity contribution in [1.82, 2.24) is 35.0 Å². The molecule has 2 amide bonds. The minimum atomic E-state index is -4.62. The third-order valence-electron chi connectivity index (χ3n) is 5.69. The van der Waals surface area contributed by atoms with Crippen molar-refractivity contribution < 1.29 is 22.8 Å². The van der Waals surface area contributed by atoms with Crippen LogP contribution in [0.15, 0.2) is 49.1 Å². The smallest absolute Gasteiger partial charge is 0.352 e. The Morgan fingerprint density at radius 1 is 0.944 bits per heavy atom. The van der Waals surface area contributed by atoms with Crippen molar-refractivity contribution in [3.05, 3.63) is 65.9 Å². The van der Waals surface area contributed by atoms with Crippen LogP contribution in [0.1, 0.15) is 26.4 Å². The number of hydrogen-bond donors (Lipinski definition) is 2. The van der Waals surface area contributed by atoms with Gasteiger partial charge in [0.05, 0.1) is 17.5 Å². The molecule has 184 valence electrons. The quantitative estimate of drug-likeness (QED) is 0.439. The highest BCUT2D eigenvalue weighted by Gasteiger charge is 2.36. The summed E-state index contributed by atoms with van der Waals surface area (Å²) in [5, 5.41) is 10.7. The van der Waals surface area contributed by atoms with Crippen molar-refractivity contribution in [3.63, 3.8) is 0 Å². The normalized spacial score (nSPS) is 14.2. The molecule has 0 atom stereocenters. The Kier molecular flexibility index (Phi) is 5.91. The number of benzene rings is 1. The molecule has 11 nitrogen and oxygen atoms in total. The van der Waals surface area contributed by atoms with Gasteiger partial charge >= 0.3 is 6.18 Å². The first-order chi connectivity index (χ1) is 17.3. The van der Waals surface area contributed by atoms with Crippen LogP contribution < -0.4 is 10.2 Å². The summed E-state index contributed by atoms with van der Waals surface area (Å²) in [5.41, 5.74) is -0.387. The van der Waals surface area contributed by atoms with Crippen molar-refractivity contribution in [2.45, 2.75) is 6.18 Å². The second-order valence-corrected chi connectivity index (χ2v) is 7.88. The Morgan fingerprint density at radius 3 is 2.44 bits per heavy atom. The number of nitrogens with zero attached hydrogens (tertiary/aromatic N) is 7. The summed E-state index contributed by atoms with van der Waals surface area (Å²) in [6.45, 7) is 1.11. The maximum Gasteiger partial charge on any atom is 0.417 e. The summed E-state index contributed by atoms with van der Waals surface area (Å²) in [6.07, 6.45) is -1.90. The number of nitrogens with one attached hydrogen (secondary N) is 2. The SMILES string of the molecule is O=C(Nc1ncnc2nc[nH]c12)c1ccc(N2CCN(C(=O)c3ccccc3C(F)(F)F)CC2)nn1. The van der Waals surface area contributed by atoms with E-state index in [1.807, 2.05) is 4.90 Å². The van der Waals surface area contributed by atoms with Gasteiger partial charge in [0.25, 0.3) is 11.8 Å². The second kappa shape index (κ2) is 9.20. The number of anilines is 2. The lowest BCUT2D eigenvalue weighted by molar-refractivity contribution is -0.138. The molecular formula is C22H18F3N9O2. The largest absolute Gasteiger partial charge is 0.417 e. The zero-order chi connectivity index (χ0) is 25.3. The molecule has 0 saturated carbocycles. The van der Waals surface area contributed by atoms with Gasteiger partial charge in [-0.3, -0.25) is 9.59 Å². The van der Waals surface area contributed by atoms with Crippen LogP contribution in [0.4, 0.5) is 24.8 Å². The van der Waals surface area contributed by atoms with Crippen LogP contribution in [-0.2, 0) is 6.18 Å². The maximum absolute atomic E-state index is 13.3. The molecule has 36 heavy (non-hydrogen) atoms. The number of H-pyrrole nitrogens is 1. The number of piperazine rings is 1. The lowest BCUT2D eigenvalue weighted by Crippen LogP contribution is -2.49. The van der Waals surface area contributed by atoms with Crippen LogP contribution >= 0.6 is 0 Å². The number of aromatic amines is 1. The van der Waals surface area contributed by atoms with Crippen LogP contribution in [0.2, 0.25) is 0 Å². The number of alkyl halides is 3. The zero-order valence-electron chi connectivity index (χ0n) is 18.5. The molecule has 1 aliphatic rings. The Labute approximate surface area is 201 Å². The van der Waals surface area contributed by atoms with Gasteiger partial charge in [-0.25, -0.2) is 15.0 Å². The molecule has 0 unspecified atom stereocenters. The minimum Gasteiger partial charge on any atom is -0.352 e. The Morgan fingerprint density at radius 2 is 1.72 bits per heavy atom. The highest BCUT2D eigenvalue weighted by Crippen LogP contribution is 2.32. The van der Waals surface area contributed by atoms with E-state index < -0.39 is 23.6 Å². The molecular weight excluding hydrogens is 479 g/mol. The first-order valence-corrected chi connectivity index (χ1v) is 10.8. The van der Waals surface area contributed by atoms with Gasteiger partial charge in [-0.1, -0.05) is 12.1 Å². The monoisotopic (exact) mass is 497 g/mol. The summed E-state index contributed by atoms with van der Waals surface area (Å²) in [6, 6.07) is 7.87. The summed E-state index contributed by atoms with van der Waals surface area (Å²) >= 11 is 0. The fourth-order valence-corrected chi connectivity index (χ4v) is 3.87. The minimum absolute atomic E-state index is 0.0580. The molecule has 0 bridgehead atoms. The molecule has 1 aliphatic heterocycles. The van der Waals surface area contributed by atoms with Gasteiger partial charge in [0, 0.05) is 26.2 Å².